The van der Waals surface area contributed by atoms with Gasteiger partial charge in [0.25, 0.3) is 0 Å². The van der Waals surface area contributed by atoms with Crippen LogP contribution in [-0.4, -0.2) is 27.9 Å². The minimum Gasteiger partial charge on any atom is -0.316 e. The molecule has 1 N–H and O–H groups in total. The Labute approximate surface area is 91.1 Å². The van der Waals surface area contributed by atoms with Crippen molar-refractivity contribution in [2.24, 2.45) is 13.0 Å². The molecular weight excluding hydrogens is 188 g/mol. The van der Waals surface area contributed by atoms with Crippen LogP contribution in [0.2, 0.25) is 0 Å². The van der Waals surface area contributed by atoms with E-state index in [1.807, 2.05) is 11.7 Å². The van der Waals surface area contributed by atoms with Crippen LogP contribution in [0.3, 0.4) is 0 Å². The van der Waals surface area contributed by atoms with Gasteiger partial charge in [-0.05, 0) is 18.9 Å². The molecule has 0 amide bonds. The molecule has 2 unspecified atom stereocenters. The first-order valence-corrected chi connectivity index (χ1v) is 5.83. The fraction of sp³-hybridized carbons (Fsp3) is 0.818. The summed E-state index contributed by atoms with van der Waals surface area (Å²) >= 11 is 0. The largest absolute Gasteiger partial charge is 0.316 e. The lowest BCUT2D eigenvalue weighted by atomic mass is 9.97. The van der Waals surface area contributed by atoms with Gasteiger partial charge in [0.1, 0.15) is 5.82 Å². The van der Waals surface area contributed by atoms with Gasteiger partial charge in [0.15, 0.2) is 5.82 Å². The van der Waals surface area contributed by atoms with Gasteiger partial charge >= 0.3 is 0 Å². The van der Waals surface area contributed by atoms with Crippen LogP contribution in [0.15, 0.2) is 0 Å². The summed E-state index contributed by atoms with van der Waals surface area (Å²) in [5.74, 6) is 3.35. The van der Waals surface area contributed by atoms with Crippen molar-refractivity contribution in [1.29, 1.82) is 0 Å². The second-order valence-corrected chi connectivity index (χ2v) is 4.50. The molecule has 4 heteroatoms. The van der Waals surface area contributed by atoms with Crippen LogP contribution in [0.4, 0.5) is 0 Å². The summed E-state index contributed by atoms with van der Waals surface area (Å²) in [5.41, 5.74) is 0. The Morgan fingerprint density at radius 1 is 1.47 bits per heavy atom. The van der Waals surface area contributed by atoms with Crippen molar-refractivity contribution < 1.29 is 0 Å². The fourth-order valence-electron chi connectivity index (χ4n) is 2.26. The van der Waals surface area contributed by atoms with Crippen LogP contribution in [0.5, 0.6) is 0 Å². The third-order valence-corrected chi connectivity index (χ3v) is 3.16. The third kappa shape index (κ3) is 2.04. The van der Waals surface area contributed by atoms with Gasteiger partial charge in [0.2, 0.25) is 0 Å². The highest BCUT2D eigenvalue weighted by atomic mass is 15.3. The van der Waals surface area contributed by atoms with Crippen molar-refractivity contribution in [2.75, 3.05) is 13.1 Å². The molecule has 1 fully saturated rings. The molecule has 84 valence electrons. The number of nitrogens with zero attached hydrogens (tertiary/aromatic N) is 3. The smallest absolute Gasteiger partial charge is 0.150 e. The molecule has 0 aliphatic carbocycles. The topological polar surface area (TPSA) is 42.7 Å². The van der Waals surface area contributed by atoms with Gasteiger partial charge in [-0.25, -0.2) is 4.98 Å². The first-order chi connectivity index (χ1) is 7.22. The summed E-state index contributed by atoms with van der Waals surface area (Å²) in [6, 6.07) is 0. The van der Waals surface area contributed by atoms with E-state index in [1.165, 1.54) is 0 Å². The molecule has 4 nitrogen and oxygen atoms in total. The van der Waals surface area contributed by atoms with Crippen LogP contribution in [-0.2, 0) is 13.5 Å². The highest BCUT2D eigenvalue weighted by Gasteiger charge is 2.28. The molecule has 1 aromatic heterocycles. The van der Waals surface area contributed by atoms with E-state index >= 15 is 0 Å². The summed E-state index contributed by atoms with van der Waals surface area (Å²) in [5, 5.41) is 7.87. The second-order valence-electron chi connectivity index (χ2n) is 4.50. The monoisotopic (exact) mass is 208 g/mol. The Morgan fingerprint density at radius 2 is 2.27 bits per heavy atom. The zero-order valence-corrected chi connectivity index (χ0v) is 9.82. The molecule has 1 aromatic rings. The van der Waals surface area contributed by atoms with E-state index in [0.29, 0.717) is 11.8 Å². The summed E-state index contributed by atoms with van der Waals surface area (Å²) in [6.07, 6.45) is 2.10. The summed E-state index contributed by atoms with van der Waals surface area (Å²) in [7, 11) is 2.01. The van der Waals surface area contributed by atoms with Crippen molar-refractivity contribution in [1.82, 2.24) is 20.1 Å². The second kappa shape index (κ2) is 4.31. The van der Waals surface area contributed by atoms with Crippen molar-refractivity contribution in [3.8, 4) is 0 Å². The van der Waals surface area contributed by atoms with Gasteiger partial charge in [-0.3, -0.25) is 4.68 Å². The van der Waals surface area contributed by atoms with Crippen molar-refractivity contribution in [3.05, 3.63) is 11.6 Å². The molecule has 1 aliphatic heterocycles. The van der Waals surface area contributed by atoms with Crippen LogP contribution < -0.4 is 5.32 Å². The third-order valence-electron chi connectivity index (χ3n) is 3.16. The van der Waals surface area contributed by atoms with Crippen molar-refractivity contribution in [3.63, 3.8) is 0 Å². The number of hydrogen-bond acceptors (Lipinski definition) is 3. The molecular formula is C11H20N4. The van der Waals surface area contributed by atoms with E-state index in [1.54, 1.807) is 0 Å². The van der Waals surface area contributed by atoms with Gasteiger partial charge in [-0.15, -0.1) is 0 Å². The molecule has 2 heterocycles. The normalized spacial score (nSPS) is 26.1. The fourth-order valence-corrected chi connectivity index (χ4v) is 2.26. The minimum absolute atomic E-state index is 0.535. The van der Waals surface area contributed by atoms with E-state index in [2.05, 4.69) is 29.2 Å². The Balaban J connectivity index is 2.19. The Hall–Kier alpha value is -0.900. The predicted molar refractivity (Wildman–Crippen MR) is 59.8 cm³/mol. The molecule has 0 bridgehead atoms. The number of hydrogen-bond donors (Lipinski definition) is 1. The number of nitrogens with one attached hydrogen (secondary N) is 1. The lowest BCUT2D eigenvalue weighted by molar-refractivity contribution is 0.518. The van der Waals surface area contributed by atoms with Crippen LogP contribution in [0.25, 0.3) is 0 Å². The zero-order valence-electron chi connectivity index (χ0n) is 9.82. The first-order valence-electron chi connectivity index (χ1n) is 5.83. The van der Waals surface area contributed by atoms with Crippen LogP contribution in [0, 0.1) is 5.92 Å². The lowest BCUT2D eigenvalue weighted by Crippen LogP contribution is -2.13. The van der Waals surface area contributed by atoms with Crippen LogP contribution in [0.1, 0.15) is 37.8 Å². The number of rotatable bonds is 3. The Bertz CT molecular complexity index is 331. The van der Waals surface area contributed by atoms with Gasteiger partial charge in [-0.1, -0.05) is 13.8 Å². The SMILES string of the molecule is CCCc1nc(C2CNCC2C)n(C)n1. The molecule has 1 aliphatic rings. The molecule has 1 saturated heterocycles. The Morgan fingerprint density at radius 3 is 2.87 bits per heavy atom. The van der Waals surface area contributed by atoms with Gasteiger partial charge in [-0.2, -0.15) is 5.10 Å². The molecule has 2 atom stereocenters. The minimum atomic E-state index is 0.535. The molecule has 0 aromatic carbocycles. The van der Waals surface area contributed by atoms with E-state index < -0.39 is 0 Å². The van der Waals surface area contributed by atoms with E-state index in [0.717, 1.165) is 37.6 Å². The molecule has 0 saturated carbocycles. The summed E-state index contributed by atoms with van der Waals surface area (Å²) < 4.78 is 1.96. The highest BCUT2D eigenvalue weighted by molar-refractivity contribution is 5.05. The van der Waals surface area contributed by atoms with E-state index in [4.69, 9.17) is 0 Å². The van der Waals surface area contributed by atoms with Gasteiger partial charge in [0.05, 0.1) is 0 Å². The van der Waals surface area contributed by atoms with Crippen molar-refractivity contribution in [2.45, 2.75) is 32.6 Å². The van der Waals surface area contributed by atoms with E-state index in [-0.39, 0.29) is 0 Å². The number of aryl methyl sites for hydroxylation is 2. The first kappa shape index (κ1) is 10.6. The standard InChI is InChI=1S/C11H20N4/c1-4-5-10-13-11(15(3)14-10)9-7-12-6-8(9)2/h8-9,12H,4-7H2,1-3H3. The van der Waals surface area contributed by atoms with Gasteiger partial charge < -0.3 is 5.32 Å². The average Bonchev–Trinajstić information content (AvgIpc) is 2.73. The number of aromatic nitrogens is 3. The maximum atomic E-state index is 4.64. The maximum absolute atomic E-state index is 4.64. The summed E-state index contributed by atoms with van der Waals surface area (Å²) in [4.78, 5) is 4.64. The van der Waals surface area contributed by atoms with E-state index in [9.17, 15) is 0 Å². The van der Waals surface area contributed by atoms with Crippen LogP contribution >= 0.6 is 0 Å². The molecule has 0 radical (unpaired) electrons. The highest BCUT2D eigenvalue weighted by Crippen LogP contribution is 2.25. The average molecular weight is 208 g/mol. The lowest BCUT2D eigenvalue weighted by Gasteiger charge is -2.12. The predicted octanol–water partition coefficient (Wildman–Crippen LogP) is 1.09. The summed E-state index contributed by atoms with van der Waals surface area (Å²) in [6.45, 7) is 6.58. The Kier molecular flexibility index (Phi) is 3.05. The molecule has 2 rings (SSSR count). The molecule has 15 heavy (non-hydrogen) atoms. The van der Waals surface area contributed by atoms with Gasteiger partial charge in [0, 0.05) is 25.9 Å². The quantitative estimate of drug-likeness (QED) is 0.808. The van der Waals surface area contributed by atoms with Crippen molar-refractivity contribution >= 4 is 0 Å². The zero-order chi connectivity index (χ0) is 10.8. The molecule has 0 spiro atoms. The maximum Gasteiger partial charge on any atom is 0.150 e.